The third kappa shape index (κ3) is 2.85. The van der Waals surface area contributed by atoms with Crippen molar-refractivity contribution < 1.29 is 14.2 Å². The van der Waals surface area contributed by atoms with Gasteiger partial charge in [-0.3, -0.25) is 0 Å². The normalized spacial score (nSPS) is 19.6. The number of nitrogens with zero attached hydrogens (tertiary/aromatic N) is 3. The van der Waals surface area contributed by atoms with Crippen molar-refractivity contribution in [3.8, 4) is 16.9 Å². The highest BCUT2D eigenvalue weighted by molar-refractivity contribution is 5.77. The fraction of sp³-hybridized carbons (Fsp3) is 0.474. The number of para-hydroxylation sites is 1. The third-order valence-electron chi connectivity index (χ3n) is 4.88. The zero-order chi connectivity index (χ0) is 17.4. The van der Waals surface area contributed by atoms with Gasteiger partial charge in [-0.2, -0.15) is 0 Å². The number of hydrogen-bond donors (Lipinski definition) is 0. The highest BCUT2D eigenvalue weighted by atomic mass is 16.5. The molecule has 0 radical (unpaired) electrons. The summed E-state index contributed by atoms with van der Waals surface area (Å²) in [5.41, 5.74) is 5.11. The molecule has 1 aromatic heterocycles. The summed E-state index contributed by atoms with van der Waals surface area (Å²) in [4.78, 5) is 11.7. The lowest BCUT2D eigenvalue weighted by Gasteiger charge is -2.27. The smallest absolute Gasteiger partial charge is 0.225 e. The maximum atomic E-state index is 5.94. The van der Waals surface area contributed by atoms with Crippen LogP contribution in [0.5, 0.6) is 5.75 Å². The zero-order valence-electron chi connectivity index (χ0n) is 14.9. The molecular formula is C19H23N3O3. The van der Waals surface area contributed by atoms with Crippen LogP contribution in [-0.2, 0) is 9.47 Å². The molecule has 2 aromatic rings. The van der Waals surface area contributed by atoms with Gasteiger partial charge in [0.15, 0.2) is 0 Å². The van der Waals surface area contributed by atoms with Crippen LogP contribution in [0, 0.1) is 13.8 Å². The summed E-state index contributed by atoms with van der Waals surface area (Å²) in [6, 6.07) is 6.18. The van der Waals surface area contributed by atoms with Crippen molar-refractivity contribution >= 4 is 5.95 Å². The van der Waals surface area contributed by atoms with E-state index in [0.717, 1.165) is 66.1 Å². The summed E-state index contributed by atoms with van der Waals surface area (Å²) < 4.78 is 16.9. The summed E-state index contributed by atoms with van der Waals surface area (Å²) in [6.45, 7) is 7.73. The van der Waals surface area contributed by atoms with Gasteiger partial charge in [0.05, 0.1) is 24.6 Å². The van der Waals surface area contributed by atoms with Gasteiger partial charge in [-0.1, -0.05) is 18.2 Å². The first-order valence-electron chi connectivity index (χ1n) is 8.66. The van der Waals surface area contributed by atoms with E-state index in [1.54, 1.807) is 7.11 Å². The first-order valence-corrected chi connectivity index (χ1v) is 8.66. The fourth-order valence-electron chi connectivity index (χ4n) is 3.60. The van der Waals surface area contributed by atoms with Crippen molar-refractivity contribution in [3.05, 3.63) is 35.2 Å². The number of methoxy groups -OCH3 is 1. The summed E-state index contributed by atoms with van der Waals surface area (Å²) in [5, 5.41) is 0. The minimum atomic E-state index is -0.0101. The topological polar surface area (TPSA) is 56.7 Å². The Morgan fingerprint density at radius 2 is 1.84 bits per heavy atom. The number of rotatable bonds is 3. The monoisotopic (exact) mass is 341 g/mol. The van der Waals surface area contributed by atoms with Crippen LogP contribution in [0.25, 0.3) is 11.1 Å². The van der Waals surface area contributed by atoms with Crippen molar-refractivity contribution in [2.24, 2.45) is 0 Å². The highest BCUT2D eigenvalue weighted by Crippen LogP contribution is 2.43. The first kappa shape index (κ1) is 16.3. The minimum Gasteiger partial charge on any atom is -0.489 e. The first-order chi connectivity index (χ1) is 12.2. The minimum absolute atomic E-state index is 0.0101. The largest absolute Gasteiger partial charge is 0.489 e. The Bertz CT molecular complexity index is 764. The second kappa shape index (κ2) is 6.61. The lowest BCUT2D eigenvalue weighted by molar-refractivity contribution is 0.0818. The molecule has 6 heteroatoms. The van der Waals surface area contributed by atoms with Crippen molar-refractivity contribution in [3.63, 3.8) is 0 Å². The molecule has 1 aromatic carbocycles. The molecule has 1 atom stereocenters. The molecule has 4 rings (SSSR count). The molecule has 0 amide bonds. The molecule has 0 spiro atoms. The molecule has 2 aliphatic heterocycles. The fourth-order valence-corrected chi connectivity index (χ4v) is 3.60. The van der Waals surface area contributed by atoms with Gasteiger partial charge in [0.1, 0.15) is 18.5 Å². The SMILES string of the molecule is CO[C@@H]1COc2c(-c3c(C)nc(N4CCOCC4)nc3C)cccc21. The van der Waals surface area contributed by atoms with Crippen LogP contribution in [0.2, 0.25) is 0 Å². The standard InChI is InChI=1S/C19H23N3O3/c1-12-17(13(2)21-19(20-12)22-7-9-24-10-8-22)15-6-4-5-14-16(23-3)11-25-18(14)15/h4-6,16H,7-11H2,1-3H3/t16-/m1/s1. The van der Waals surface area contributed by atoms with Gasteiger partial charge in [0.25, 0.3) is 0 Å². The molecule has 1 saturated heterocycles. The Kier molecular flexibility index (Phi) is 4.31. The predicted octanol–water partition coefficient (Wildman–Crippen LogP) is 2.68. The van der Waals surface area contributed by atoms with Crippen LogP contribution >= 0.6 is 0 Å². The Morgan fingerprint density at radius 3 is 2.52 bits per heavy atom. The van der Waals surface area contributed by atoms with Crippen LogP contribution in [0.15, 0.2) is 18.2 Å². The number of morpholine rings is 1. The Balaban J connectivity index is 1.76. The molecule has 0 bridgehead atoms. The van der Waals surface area contributed by atoms with Crippen molar-refractivity contribution in [2.45, 2.75) is 20.0 Å². The van der Waals surface area contributed by atoms with Gasteiger partial charge in [-0.05, 0) is 13.8 Å². The number of anilines is 1. The summed E-state index contributed by atoms with van der Waals surface area (Å²) >= 11 is 0. The predicted molar refractivity (Wildman–Crippen MR) is 95.2 cm³/mol. The van der Waals surface area contributed by atoms with Crippen LogP contribution in [0.3, 0.4) is 0 Å². The van der Waals surface area contributed by atoms with Crippen LogP contribution in [-0.4, -0.2) is 50.0 Å². The maximum absolute atomic E-state index is 5.94. The number of ether oxygens (including phenoxy) is 3. The molecule has 0 aliphatic carbocycles. The van der Waals surface area contributed by atoms with E-state index in [2.05, 4.69) is 17.0 Å². The van der Waals surface area contributed by atoms with Gasteiger partial charge >= 0.3 is 0 Å². The lowest BCUT2D eigenvalue weighted by Crippen LogP contribution is -2.37. The van der Waals surface area contributed by atoms with Gasteiger partial charge in [0, 0.05) is 36.9 Å². The maximum Gasteiger partial charge on any atom is 0.225 e. The van der Waals surface area contributed by atoms with E-state index in [1.807, 2.05) is 19.9 Å². The van der Waals surface area contributed by atoms with Crippen molar-refractivity contribution in [1.82, 2.24) is 9.97 Å². The number of aromatic nitrogens is 2. The molecule has 0 unspecified atom stereocenters. The summed E-state index contributed by atoms with van der Waals surface area (Å²) in [7, 11) is 1.71. The molecule has 132 valence electrons. The third-order valence-corrected chi connectivity index (χ3v) is 4.88. The molecule has 1 fully saturated rings. The lowest BCUT2D eigenvalue weighted by atomic mass is 9.98. The number of aryl methyl sites for hydroxylation is 2. The molecule has 25 heavy (non-hydrogen) atoms. The number of fused-ring (bicyclic) bond motifs is 1. The van der Waals surface area contributed by atoms with E-state index >= 15 is 0 Å². The second-order valence-electron chi connectivity index (χ2n) is 6.43. The molecule has 3 heterocycles. The second-order valence-corrected chi connectivity index (χ2v) is 6.43. The Morgan fingerprint density at radius 1 is 1.12 bits per heavy atom. The Hall–Kier alpha value is -2.18. The average molecular weight is 341 g/mol. The van der Waals surface area contributed by atoms with Gasteiger partial charge < -0.3 is 19.1 Å². The van der Waals surface area contributed by atoms with E-state index in [0.29, 0.717) is 6.61 Å². The average Bonchev–Trinajstić information content (AvgIpc) is 3.06. The van der Waals surface area contributed by atoms with Crippen molar-refractivity contribution in [1.29, 1.82) is 0 Å². The zero-order valence-corrected chi connectivity index (χ0v) is 14.9. The number of hydrogen-bond acceptors (Lipinski definition) is 6. The van der Waals surface area contributed by atoms with E-state index < -0.39 is 0 Å². The quantitative estimate of drug-likeness (QED) is 0.855. The van der Waals surface area contributed by atoms with E-state index in [4.69, 9.17) is 24.2 Å². The van der Waals surface area contributed by atoms with Crippen molar-refractivity contribution in [2.75, 3.05) is 44.9 Å². The Labute approximate surface area is 147 Å². The van der Waals surface area contributed by atoms with Gasteiger partial charge in [-0.15, -0.1) is 0 Å². The van der Waals surface area contributed by atoms with Gasteiger partial charge in [-0.25, -0.2) is 9.97 Å². The van der Waals surface area contributed by atoms with Crippen LogP contribution < -0.4 is 9.64 Å². The molecule has 2 aliphatic rings. The molecule has 0 N–H and O–H groups in total. The highest BCUT2D eigenvalue weighted by Gasteiger charge is 2.28. The molecule has 6 nitrogen and oxygen atoms in total. The summed E-state index contributed by atoms with van der Waals surface area (Å²) in [5.74, 6) is 1.67. The van der Waals surface area contributed by atoms with Gasteiger partial charge in [0.2, 0.25) is 5.95 Å². The van der Waals surface area contributed by atoms with E-state index in [9.17, 15) is 0 Å². The van der Waals surface area contributed by atoms with E-state index in [1.165, 1.54) is 0 Å². The van der Waals surface area contributed by atoms with Crippen LogP contribution in [0.4, 0.5) is 5.95 Å². The molecular weight excluding hydrogens is 318 g/mol. The van der Waals surface area contributed by atoms with E-state index in [-0.39, 0.29) is 6.10 Å². The van der Waals surface area contributed by atoms with Crippen LogP contribution in [0.1, 0.15) is 23.1 Å². The number of benzene rings is 1. The molecule has 0 saturated carbocycles. The summed E-state index contributed by atoms with van der Waals surface area (Å²) in [6.07, 6.45) is -0.0101.